The van der Waals surface area contributed by atoms with E-state index in [9.17, 15) is 12.8 Å². The van der Waals surface area contributed by atoms with E-state index in [2.05, 4.69) is 10.2 Å². The topological polar surface area (TPSA) is 72.4 Å². The fourth-order valence-electron chi connectivity index (χ4n) is 2.45. The van der Waals surface area contributed by atoms with Crippen LogP contribution in [0, 0.1) is 5.82 Å². The predicted octanol–water partition coefficient (Wildman–Crippen LogP) is 1.60. The molecule has 0 N–H and O–H groups in total. The first-order valence-corrected chi connectivity index (χ1v) is 8.80. The summed E-state index contributed by atoms with van der Waals surface area (Å²) in [6.45, 7) is 0.675. The van der Waals surface area contributed by atoms with Gasteiger partial charge in [0.1, 0.15) is 11.9 Å². The molecule has 6 nitrogen and oxygen atoms in total. The molecule has 0 spiro atoms. The van der Waals surface area contributed by atoms with Crippen molar-refractivity contribution >= 4 is 10.0 Å². The number of hydrogen-bond donors (Lipinski definition) is 0. The van der Waals surface area contributed by atoms with E-state index in [-0.39, 0.29) is 24.2 Å². The molecule has 1 aliphatic heterocycles. The summed E-state index contributed by atoms with van der Waals surface area (Å²) in [6, 6.07) is 8.87. The van der Waals surface area contributed by atoms with Gasteiger partial charge in [-0.1, -0.05) is 12.1 Å². The van der Waals surface area contributed by atoms with Crippen LogP contribution in [-0.2, 0) is 15.8 Å². The Balaban J connectivity index is 1.62. The highest BCUT2D eigenvalue weighted by Gasteiger charge is 2.32. The highest BCUT2D eigenvalue weighted by atomic mass is 32.2. The second kappa shape index (κ2) is 6.59. The Kier molecular flexibility index (Phi) is 4.53. The van der Waals surface area contributed by atoms with Gasteiger partial charge in [-0.05, 0) is 30.2 Å². The van der Waals surface area contributed by atoms with E-state index in [1.54, 1.807) is 18.3 Å². The Hall–Kier alpha value is -2.06. The Morgan fingerprint density at radius 1 is 1.26 bits per heavy atom. The number of benzene rings is 1. The Morgan fingerprint density at radius 2 is 2.04 bits per heavy atom. The van der Waals surface area contributed by atoms with Gasteiger partial charge in [-0.2, -0.15) is 9.40 Å². The van der Waals surface area contributed by atoms with Crippen LogP contribution in [0.2, 0.25) is 0 Å². The molecule has 1 atom stereocenters. The van der Waals surface area contributed by atoms with Crippen LogP contribution in [0.3, 0.4) is 0 Å². The van der Waals surface area contributed by atoms with E-state index in [1.165, 1.54) is 28.6 Å². The Bertz CT molecular complexity index is 753. The van der Waals surface area contributed by atoms with Crippen LogP contribution < -0.4 is 4.74 Å². The second-order valence-corrected chi connectivity index (χ2v) is 7.30. The van der Waals surface area contributed by atoms with Crippen molar-refractivity contribution in [3.8, 4) is 5.88 Å². The van der Waals surface area contributed by atoms with Crippen LogP contribution in [0.5, 0.6) is 5.88 Å². The van der Waals surface area contributed by atoms with Gasteiger partial charge in [-0.3, -0.25) is 0 Å². The number of aromatic nitrogens is 2. The van der Waals surface area contributed by atoms with Crippen molar-refractivity contribution in [1.29, 1.82) is 0 Å². The zero-order valence-corrected chi connectivity index (χ0v) is 13.1. The molecule has 1 fully saturated rings. The number of rotatable bonds is 5. The summed E-state index contributed by atoms with van der Waals surface area (Å²) in [4.78, 5) is 0. The predicted molar refractivity (Wildman–Crippen MR) is 81.7 cm³/mol. The Morgan fingerprint density at radius 3 is 2.74 bits per heavy atom. The third kappa shape index (κ3) is 4.02. The van der Waals surface area contributed by atoms with Crippen LogP contribution >= 0.6 is 0 Å². The van der Waals surface area contributed by atoms with Gasteiger partial charge in [-0.25, -0.2) is 12.8 Å². The average Bonchev–Trinajstić information content (AvgIpc) is 3.00. The van der Waals surface area contributed by atoms with Crippen LogP contribution in [-0.4, -0.2) is 42.1 Å². The monoisotopic (exact) mass is 337 g/mol. The lowest BCUT2D eigenvalue weighted by molar-refractivity contribution is 0.204. The molecule has 0 bridgehead atoms. The molecule has 2 aromatic rings. The molecule has 0 unspecified atom stereocenters. The van der Waals surface area contributed by atoms with Crippen molar-refractivity contribution in [1.82, 2.24) is 14.5 Å². The molecule has 122 valence electrons. The first-order chi connectivity index (χ1) is 11.0. The van der Waals surface area contributed by atoms with Gasteiger partial charge in [0, 0.05) is 18.8 Å². The molecule has 2 heterocycles. The van der Waals surface area contributed by atoms with Gasteiger partial charge < -0.3 is 4.74 Å². The fraction of sp³-hybridized carbons (Fsp3) is 0.333. The molecule has 1 aliphatic rings. The molecule has 3 rings (SSSR count). The fourth-order valence-corrected chi connectivity index (χ4v) is 4.02. The SMILES string of the molecule is O=S(=O)(Cc1ccc(F)cc1)N1CC[C@H](Oc2cccnn2)C1. The van der Waals surface area contributed by atoms with Gasteiger partial charge in [-0.15, -0.1) is 5.10 Å². The number of hydrogen-bond acceptors (Lipinski definition) is 5. The lowest BCUT2D eigenvalue weighted by atomic mass is 10.2. The van der Waals surface area contributed by atoms with E-state index < -0.39 is 10.0 Å². The van der Waals surface area contributed by atoms with Crippen LogP contribution in [0.15, 0.2) is 42.6 Å². The third-order valence-electron chi connectivity index (χ3n) is 3.60. The van der Waals surface area contributed by atoms with Crippen LogP contribution in [0.25, 0.3) is 0 Å². The summed E-state index contributed by atoms with van der Waals surface area (Å²) in [6.07, 6.45) is 1.90. The highest BCUT2D eigenvalue weighted by molar-refractivity contribution is 7.88. The maximum Gasteiger partial charge on any atom is 0.233 e. The molecule has 0 saturated carbocycles. The maximum atomic E-state index is 12.9. The van der Waals surface area contributed by atoms with Crippen molar-refractivity contribution in [3.63, 3.8) is 0 Å². The summed E-state index contributed by atoms with van der Waals surface area (Å²) in [7, 11) is -3.46. The van der Waals surface area contributed by atoms with Gasteiger partial charge in [0.25, 0.3) is 0 Å². The largest absolute Gasteiger partial charge is 0.472 e. The van der Waals surface area contributed by atoms with Crippen molar-refractivity contribution in [2.24, 2.45) is 0 Å². The zero-order valence-electron chi connectivity index (χ0n) is 12.3. The van der Waals surface area contributed by atoms with Gasteiger partial charge in [0.05, 0.1) is 12.3 Å². The molecule has 0 amide bonds. The van der Waals surface area contributed by atoms with E-state index >= 15 is 0 Å². The number of sulfonamides is 1. The van der Waals surface area contributed by atoms with Crippen LogP contribution in [0.4, 0.5) is 4.39 Å². The van der Waals surface area contributed by atoms with E-state index in [0.717, 1.165) is 0 Å². The minimum absolute atomic E-state index is 0.148. The molecular weight excluding hydrogens is 321 g/mol. The van der Waals surface area contributed by atoms with Crippen molar-refractivity contribution in [2.75, 3.05) is 13.1 Å². The molecular formula is C15H16FN3O3S. The first-order valence-electron chi connectivity index (χ1n) is 7.19. The molecule has 1 aromatic heterocycles. The van der Waals surface area contributed by atoms with Gasteiger partial charge in [0.2, 0.25) is 15.9 Å². The summed E-state index contributed by atoms with van der Waals surface area (Å²) in [5.74, 6) is -0.148. The molecule has 1 saturated heterocycles. The smallest absolute Gasteiger partial charge is 0.233 e. The molecule has 0 radical (unpaired) electrons. The highest BCUT2D eigenvalue weighted by Crippen LogP contribution is 2.21. The summed E-state index contributed by atoms with van der Waals surface area (Å²) in [5.41, 5.74) is 0.560. The minimum atomic E-state index is -3.46. The van der Waals surface area contributed by atoms with E-state index in [4.69, 9.17) is 4.74 Å². The quantitative estimate of drug-likeness (QED) is 0.829. The van der Waals surface area contributed by atoms with Crippen LogP contribution in [0.1, 0.15) is 12.0 Å². The standard InChI is InChI=1S/C15H16FN3O3S/c16-13-5-3-12(4-6-13)11-23(20,21)19-9-7-14(10-19)22-15-2-1-8-17-18-15/h1-6,8,14H,7,9-11H2/t14-/m0/s1. The average molecular weight is 337 g/mol. The minimum Gasteiger partial charge on any atom is -0.472 e. The maximum absolute atomic E-state index is 12.9. The normalized spacial score (nSPS) is 18.9. The summed E-state index contributed by atoms with van der Waals surface area (Å²) >= 11 is 0. The molecule has 8 heteroatoms. The summed E-state index contributed by atoms with van der Waals surface area (Å²) < 4.78 is 44.8. The number of nitrogens with zero attached hydrogens (tertiary/aromatic N) is 3. The van der Waals surface area contributed by atoms with E-state index in [1.807, 2.05) is 0 Å². The van der Waals surface area contributed by atoms with Gasteiger partial charge in [0.15, 0.2) is 0 Å². The number of ether oxygens (including phenoxy) is 1. The second-order valence-electron chi connectivity index (χ2n) is 5.33. The van der Waals surface area contributed by atoms with E-state index in [0.29, 0.717) is 24.4 Å². The van der Waals surface area contributed by atoms with Gasteiger partial charge >= 0.3 is 0 Å². The van der Waals surface area contributed by atoms with Crippen molar-refractivity contribution < 1.29 is 17.5 Å². The van der Waals surface area contributed by atoms with Crippen molar-refractivity contribution in [3.05, 3.63) is 54.0 Å². The van der Waals surface area contributed by atoms with Crippen molar-refractivity contribution in [2.45, 2.75) is 18.3 Å². The third-order valence-corrected chi connectivity index (χ3v) is 5.42. The lowest BCUT2D eigenvalue weighted by Gasteiger charge is -2.17. The Labute approximate surface area is 134 Å². The molecule has 23 heavy (non-hydrogen) atoms. The first kappa shape index (κ1) is 15.8. The summed E-state index contributed by atoms with van der Waals surface area (Å²) in [5, 5.41) is 7.55. The number of halogens is 1. The molecule has 1 aromatic carbocycles. The lowest BCUT2D eigenvalue weighted by Crippen LogP contribution is -2.32. The molecule has 0 aliphatic carbocycles. The zero-order chi connectivity index (χ0) is 16.3.